The molecule has 0 saturated carbocycles. The number of benzene rings is 1. The van der Waals surface area contributed by atoms with E-state index in [9.17, 15) is 0 Å². The third kappa shape index (κ3) is 2.05. The van der Waals surface area contributed by atoms with E-state index in [-0.39, 0.29) is 18.6 Å². The van der Waals surface area contributed by atoms with Gasteiger partial charge in [0.1, 0.15) is 0 Å². The molecule has 0 aromatic heterocycles. The van der Waals surface area contributed by atoms with Crippen LogP contribution in [0.1, 0.15) is 0 Å². The summed E-state index contributed by atoms with van der Waals surface area (Å²) < 4.78 is 0. The van der Waals surface area contributed by atoms with Gasteiger partial charge in [0.2, 0.25) is 0 Å². The number of hydrogen-bond acceptors (Lipinski definition) is 1. The average molecular weight is 143 g/mol. The van der Waals surface area contributed by atoms with E-state index in [1.54, 1.807) is 24.3 Å². The third-order valence-corrected chi connectivity index (χ3v) is 0.744. The van der Waals surface area contributed by atoms with Gasteiger partial charge in [-0.2, -0.15) is 18.2 Å². The van der Waals surface area contributed by atoms with Crippen molar-refractivity contribution in [3.8, 4) is 0 Å². The Hall–Kier alpha value is -0.396. The van der Waals surface area contributed by atoms with E-state index in [1.165, 1.54) is 0 Å². The van der Waals surface area contributed by atoms with E-state index in [1.807, 2.05) is 0 Å². The summed E-state index contributed by atoms with van der Waals surface area (Å²) in [6.07, 6.45) is 0. The second kappa shape index (κ2) is 3.59. The first-order valence-corrected chi connectivity index (χ1v) is 2.11. The minimum atomic E-state index is 0. The van der Waals surface area contributed by atoms with Crippen LogP contribution in [0.2, 0.25) is 0 Å². The van der Waals surface area contributed by atoms with E-state index >= 15 is 0 Å². The molecule has 0 unspecified atom stereocenters. The van der Waals surface area contributed by atoms with Gasteiger partial charge >= 0.3 is 0 Å². The summed E-state index contributed by atoms with van der Waals surface area (Å²) in [6, 6.07) is 10.0. The third-order valence-electron chi connectivity index (χ3n) is 0.744. The summed E-state index contributed by atoms with van der Waals surface area (Å²) in [4.78, 5) is 0. The molecule has 0 saturated heterocycles. The van der Waals surface area contributed by atoms with Crippen LogP contribution in [0.25, 0.3) is 0 Å². The quantitative estimate of drug-likeness (QED) is 0.426. The number of rotatable bonds is 0. The molecule has 1 radical (unpaired) electrons. The van der Waals surface area contributed by atoms with E-state index in [0.29, 0.717) is 0 Å². The van der Waals surface area contributed by atoms with Crippen LogP contribution in [0.3, 0.4) is 0 Å². The molecule has 0 spiro atoms. The monoisotopic (exact) mass is 143 g/mol. The van der Waals surface area contributed by atoms with E-state index < -0.39 is 0 Å². The maximum atomic E-state index is 5.34. The minimum absolute atomic E-state index is 0. The predicted molar refractivity (Wildman–Crippen MR) is 29.7 cm³/mol. The molecule has 0 atom stereocenters. The molecule has 1 nitrogen and oxygen atoms in total. The van der Waals surface area contributed by atoms with Gasteiger partial charge in [0.15, 0.2) is 0 Å². The van der Waals surface area contributed by atoms with Crippen LogP contribution in [-0.2, 0) is 18.6 Å². The van der Waals surface area contributed by atoms with Crippen molar-refractivity contribution >= 4 is 5.69 Å². The molecule has 8 heavy (non-hydrogen) atoms. The van der Waals surface area contributed by atoms with Crippen molar-refractivity contribution in [2.24, 2.45) is 0 Å². The second-order valence-corrected chi connectivity index (χ2v) is 1.33. The molecule has 0 aliphatic carbocycles. The summed E-state index contributed by atoms with van der Waals surface area (Å²) >= 11 is 0. The molecule has 0 heterocycles. The molecular formula is C6H6NV-. The summed E-state index contributed by atoms with van der Waals surface area (Å²) in [5.41, 5.74) is 6.13. The predicted octanol–water partition coefficient (Wildman–Crippen LogP) is 1.07. The van der Waals surface area contributed by atoms with Gasteiger partial charge in [-0.3, -0.25) is 0 Å². The Kier molecular flexibility index (Phi) is 3.41. The molecule has 0 amide bonds. The van der Waals surface area contributed by atoms with Crippen LogP contribution in [0, 0.1) is 6.07 Å². The molecule has 0 aliphatic heterocycles. The van der Waals surface area contributed by atoms with Crippen LogP contribution in [0.15, 0.2) is 24.3 Å². The minimum Gasteiger partial charge on any atom is -0.419 e. The standard InChI is InChI=1S/C6H6N.V/c7-6-4-2-1-3-5-6;/h2-5H,7H2;/q-1;. The molecular weight excluding hydrogens is 137 g/mol. The average Bonchev–Trinajstić information content (AvgIpc) is 1.69. The first-order chi connectivity index (χ1) is 3.39. The van der Waals surface area contributed by atoms with Gasteiger partial charge in [0.25, 0.3) is 0 Å². The van der Waals surface area contributed by atoms with Gasteiger partial charge in [-0.15, -0.1) is 12.1 Å². The smallest absolute Gasteiger partial charge is 0 e. The molecule has 0 bridgehead atoms. The second-order valence-electron chi connectivity index (χ2n) is 1.33. The first kappa shape index (κ1) is 7.60. The maximum Gasteiger partial charge on any atom is 0 e. The molecule has 1 aromatic rings. The fourth-order valence-corrected chi connectivity index (χ4v) is 0.400. The Bertz CT molecular complexity index is 138. The molecule has 0 aliphatic rings. The normalized spacial score (nSPS) is 7.50. The van der Waals surface area contributed by atoms with Crippen molar-refractivity contribution in [2.45, 2.75) is 0 Å². The van der Waals surface area contributed by atoms with Crippen molar-refractivity contribution in [1.82, 2.24) is 0 Å². The molecule has 1 rings (SSSR count). The first-order valence-electron chi connectivity index (χ1n) is 2.11. The van der Waals surface area contributed by atoms with Crippen LogP contribution in [0.4, 0.5) is 5.69 Å². The number of nitrogens with two attached hydrogens (primary N) is 1. The summed E-state index contributed by atoms with van der Waals surface area (Å²) in [6.45, 7) is 0. The number of nitrogen functional groups attached to an aromatic ring is 1. The van der Waals surface area contributed by atoms with Gasteiger partial charge in [0, 0.05) is 18.6 Å². The number of anilines is 1. The Labute approximate surface area is 60.8 Å². The van der Waals surface area contributed by atoms with E-state index in [4.69, 9.17) is 5.73 Å². The zero-order chi connectivity index (χ0) is 5.11. The summed E-state index contributed by atoms with van der Waals surface area (Å²) in [5.74, 6) is 0. The SMILES string of the molecule is Nc1cc[c-]cc1.[V]. The van der Waals surface area contributed by atoms with Gasteiger partial charge in [-0.1, -0.05) is 5.69 Å². The molecule has 0 fully saturated rings. The van der Waals surface area contributed by atoms with Crippen molar-refractivity contribution in [3.05, 3.63) is 30.3 Å². The largest absolute Gasteiger partial charge is 0.419 e. The van der Waals surface area contributed by atoms with Crippen LogP contribution < -0.4 is 5.73 Å². The van der Waals surface area contributed by atoms with E-state index in [2.05, 4.69) is 6.07 Å². The Morgan fingerprint density at radius 1 is 1.25 bits per heavy atom. The zero-order valence-electron chi connectivity index (χ0n) is 4.33. The van der Waals surface area contributed by atoms with Gasteiger partial charge in [-0.25, -0.2) is 0 Å². The summed E-state index contributed by atoms with van der Waals surface area (Å²) in [7, 11) is 0. The summed E-state index contributed by atoms with van der Waals surface area (Å²) in [5, 5.41) is 0. The zero-order valence-corrected chi connectivity index (χ0v) is 5.73. The van der Waals surface area contributed by atoms with Crippen molar-refractivity contribution < 1.29 is 18.6 Å². The fourth-order valence-electron chi connectivity index (χ4n) is 0.400. The van der Waals surface area contributed by atoms with Gasteiger partial charge in [-0.05, 0) is 0 Å². The maximum absolute atomic E-state index is 5.34. The molecule has 41 valence electrons. The van der Waals surface area contributed by atoms with Crippen LogP contribution in [-0.4, -0.2) is 0 Å². The Balaban J connectivity index is 0.000000490. The molecule has 2 heteroatoms. The van der Waals surface area contributed by atoms with Crippen molar-refractivity contribution in [2.75, 3.05) is 5.73 Å². The fraction of sp³-hybridized carbons (Fsp3) is 0. The van der Waals surface area contributed by atoms with Crippen LogP contribution in [0.5, 0.6) is 0 Å². The Morgan fingerprint density at radius 3 is 2.00 bits per heavy atom. The van der Waals surface area contributed by atoms with Crippen molar-refractivity contribution in [3.63, 3.8) is 0 Å². The molecule has 1 aromatic carbocycles. The van der Waals surface area contributed by atoms with Gasteiger partial charge in [0.05, 0.1) is 0 Å². The molecule has 2 N–H and O–H groups in total. The number of hydrogen-bond donors (Lipinski definition) is 1. The topological polar surface area (TPSA) is 26.0 Å². The van der Waals surface area contributed by atoms with Gasteiger partial charge < -0.3 is 5.73 Å². The van der Waals surface area contributed by atoms with E-state index in [0.717, 1.165) is 5.69 Å². The Morgan fingerprint density at radius 2 is 1.75 bits per heavy atom. The van der Waals surface area contributed by atoms with Crippen molar-refractivity contribution in [1.29, 1.82) is 0 Å². The van der Waals surface area contributed by atoms with Crippen LogP contribution >= 0.6 is 0 Å².